The second-order valence-corrected chi connectivity index (χ2v) is 7.77. The van der Waals surface area contributed by atoms with E-state index in [2.05, 4.69) is 15.3 Å². The van der Waals surface area contributed by atoms with Gasteiger partial charge >= 0.3 is 12.1 Å². The SMILES string of the molecule is CCOC(=O)c1cnc(/C=C(\N)CCC(C)(C)O)cc1NC(=O)c1cccc(C(F)(F)F)n1. The van der Waals surface area contributed by atoms with Gasteiger partial charge < -0.3 is 20.9 Å². The highest BCUT2D eigenvalue weighted by atomic mass is 19.4. The summed E-state index contributed by atoms with van der Waals surface area (Å²) in [6.07, 6.45) is -1.30. The molecule has 0 unspecified atom stereocenters. The first-order chi connectivity index (χ1) is 15.3. The first-order valence-electron chi connectivity index (χ1n) is 10.0. The third kappa shape index (κ3) is 7.86. The number of hydrogen-bond acceptors (Lipinski definition) is 7. The molecule has 0 atom stereocenters. The number of ether oxygens (including phenoxy) is 1. The van der Waals surface area contributed by atoms with Gasteiger partial charge in [-0.3, -0.25) is 9.78 Å². The summed E-state index contributed by atoms with van der Waals surface area (Å²) in [5.41, 5.74) is 3.89. The second kappa shape index (κ2) is 10.4. The highest BCUT2D eigenvalue weighted by molar-refractivity contribution is 6.07. The van der Waals surface area contributed by atoms with Crippen LogP contribution < -0.4 is 11.1 Å². The quantitative estimate of drug-likeness (QED) is 0.505. The number of aromatic nitrogens is 2. The Morgan fingerprint density at radius 2 is 1.97 bits per heavy atom. The van der Waals surface area contributed by atoms with E-state index in [0.29, 0.717) is 18.5 Å². The molecule has 0 spiro atoms. The maximum Gasteiger partial charge on any atom is 0.433 e. The number of anilines is 1. The van der Waals surface area contributed by atoms with Gasteiger partial charge in [0.05, 0.1) is 23.6 Å². The summed E-state index contributed by atoms with van der Waals surface area (Å²) in [4.78, 5) is 32.3. The van der Waals surface area contributed by atoms with Gasteiger partial charge in [-0.2, -0.15) is 13.2 Å². The molecule has 0 fully saturated rings. The van der Waals surface area contributed by atoms with Crippen LogP contribution in [0.15, 0.2) is 36.2 Å². The number of nitrogens with one attached hydrogen (secondary N) is 1. The fourth-order valence-electron chi connectivity index (χ4n) is 2.64. The number of rotatable bonds is 8. The van der Waals surface area contributed by atoms with Crippen LogP contribution in [0, 0.1) is 0 Å². The molecule has 178 valence electrons. The summed E-state index contributed by atoms with van der Waals surface area (Å²) in [7, 11) is 0. The number of nitrogens with two attached hydrogens (primary N) is 1. The molecule has 0 aromatic carbocycles. The molecule has 11 heteroatoms. The van der Waals surface area contributed by atoms with E-state index >= 15 is 0 Å². The largest absolute Gasteiger partial charge is 0.462 e. The van der Waals surface area contributed by atoms with E-state index in [1.54, 1.807) is 20.8 Å². The fraction of sp³-hybridized carbons (Fsp3) is 0.364. The maximum absolute atomic E-state index is 12.9. The van der Waals surface area contributed by atoms with Crippen molar-refractivity contribution >= 4 is 23.6 Å². The van der Waals surface area contributed by atoms with Crippen LogP contribution in [0.5, 0.6) is 0 Å². The van der Waals surface area contributed by atoms with Crippen molar-refractivity contribution < 1.29 is 32.6 Å². The molecule has 0 bridgehead atoms. The van der Waals surface area contributed by atoms with Crippen molar-refractivity contribution in [1.82, 2.24) is 9.97 Å². The van der Waals surface area contributed by atoms with Crippen molar-refractivity contribution in [2.75, 3.05) is 11.9 Å². The van der Waals surface area contributed by atoms with Gasteiger partial charge in [0.2, 0.25) is 0 Å². The highest BCUT2D eigenvalue weighted by Crippen LogP contribution is 2.27. The Bertz CT molecular complexity index is 1050. The number of carbonyl (C=O) groups excluding carboxylic acids is 2. The summed E-state index contributed by atoms with van der Waals surface area (Å²) in [5.74, 6) is -1.73. The second-order valence-electron chi connectivity index (χ2n) is 7.77. The van der Waals surface area contributed by atoms with Crippen molar-refractivity contribution in [2.45, 2.75) is 45.4 Å². The van der Waals surface area contributed by atoms with Crippen LogP contribution in [0.3, 0.4) is 0 Å². The van der Waals surface area contributed by atoms with E-state index in [9.17, 15) is 27.9 Å². The normalized spacial score (nSPS) is 12.4. The standard InChI is InChI=1S/C22H25F3N4O4/c1-4-33-20(31)15-12-27-14(10-13(26)8-9-21(2,3)32)11-17(15)29-19(30)16-6-5-7-18(28-16)22(23,24)25/h5-7,10-12,32H,4,8-9,26H2,1-3H3,(H,27,29,30)/b13-10-. The summed E-state index contributed by atoms with van der Waals surface area (Å²) < 4.78 is 43.7. The molecule has 0 saturated heterocycles. The number of pyridine rings is 2. The van der Waals surface area contributed by atoms with Gasteiger partial charge in [0.1, 0.15) is 17.0 Å². The molecule has 8 nitrogen and oxygen atoms in total. The van der Waals surface area contributed by atoms with Gasteiger partial charge in [0, 0.05) is 11.9 Å². The van der Waals surface area contributed by atoms with Crippen LogP contribution in [0.1, 0.15) is 65.8 Å². The zero-order valence-electron chi connectivity index (χ0n) is 18.4. The molecule has 0 saturated carbocycles. The molecule has 0 radical (unpaired) electrons. The van der Waals surface area contributed by atoms with E-state index < -0.39 is 35.0 Å². The first kappa shape index (κ1) is 25.8. The van der Waals surface area contributed by atoms with Gasteiger partial charge in [0.25, 0.3) is 5.91 Å². The van der Waals surface area contributed by atoms with Crippen molar-refractivity contribution in [3.63, 3.8) is 0 Å². The van der Waals surface area contributed by atoms with Crippen molar-refractivity contribution in [2.24, 2.45) is 5.73 Å². The Morgan fingerprint density at radius 3 is 2.58 bits per heavy atom. The number of aliphatic hydroxyl groups is 1. The Balaban J connectivity index is 2.37. The fourth-order valence-corrected chi connectivity index (χ4v) is 2.64. The Kier molecular flexibility index (Phi) is 8.15. The average Bonchev–Trinajstić information content (AvgIpc) is 2.71. The zero-order chi connectivity index (χ0) is 24.8. The number of esters is 1. The van der Waals surface area contributed by atoms with Crippen LogP contribution in [0.25, 0.3) is 6.08 Å². The van der Waals surface area contributed by atoms with Crippen molar-refractivity contribution in [1.29, 1.82) is 0 Å². The van der Waals surface area contributed by atoms with E-state index in [-0.39, 0.29) is 23.6 Å². The summed E-state index contributed by atoms with van der Waals surface area (Å²) in [6.45, 7) is 4.94. The lowest BCUT2D eigenvalue weighted by atomic mass is 10.0. The third-order valence-electron chi connectivity index (χ3n) is 4.30. The van der Waals surface area contributed by atoms with E-state index in [1.807, 2.05) is 0 Å². The predicted octanol–water partition coefficient (Wildman–Crippen LogP) is 3.78. The number of amides is 1. The van der Waals surface area contributed by atoms with Crippen molar-refractivity contribution in [3.05, 3.63) is 58.8 Å². The summed E-state index contributed by atoms with van der Waals surface area (Å²) in [5, 5.41) is 12.2. The van der Waals surface area contributed by atoms with Gasteiger partial charge in [-0.25, -0.2) is 9.78 Å². The molecular formula is C22H25F3N4O4. The smallest absolute Gasteiger partial charge is 0.433 e. The molecule has 0 aliphatic rings. The molecule has 1 amide bonds. The van der Waals surface area contributed by atoms with Crippen LogP contribution >= 0.6 is 0 Å². The lowest BCUT2D eigenvalue weighted by Gasteiger charge is -2.16. The molecule has 2 rings (SSSR count). The summed E-state index contributed by atoms with van der Waals surface area (Å²) >= 11 is 0. The van der Waals surface area contributed by atoms with Gasteiger partial charge in [-0.15, -0.1) is 0 Å². The summed E-state index contributed by atoms with van der Waals surface area (Å²) in [6, 6.07) is 4.26. The molecule has 2 aromatic rings. The average molecular weight is 466 g/mol. The molecule has 2 aromatic heterocycles. The number of allylic oxidation sites excluding steroid dienone is 1. The minimum Gasteiger partial charge on any atom is -0.462 e. The number of alkyl halides is 3. The number of hydrogen-bond donors (Lipinski definition) is 3. The van der Waals surface area contributed by atoms with E-state index in [0.717, 1.165) is 18.2 Å². The minimum absolute atomic E-state index is 0.0331. The Hall–Kier alpha value is -3.47. The van der Waals surface area contributed by atoms with E-state index in [4.69, 9.17) is 10.5 Å². The minimum atomic E-state index is -4.72. The Morgan fingerprint density at radius 1 is 1.27 bits per heavy atom. The highest BCUT2D eigenvalue weighted by Gasteiger charge is 2.33. The molecule has 33 heavy (non-hydrogen) atoms. The number of carbonyl (C=O) groups is 2. The third-order valence-corrected chi connectivity index (χ3v) is 4.30. The van der Waals surface area contributed by atoms with Crippen LogP contribution in [-0.2, 0) is 10.9 Å². The monoisotopic (exact) mass is 466 g/mol. The van der Waals surface area contributed by atoms with E-state index in [1.165, 1.54) is 18.3 Å². The number of nitrogens with zero attached hydrogens (tertiary/aromatic N) is 2. The first-order valence-corrected chi connectivity index (χ1v) is 10.0. The van der Waals surface area contributed by atoms with Crippen LogP contribution in [-0.4, -0.2) is 39.2 Å². The van der Waals surface area contributed by atoms with Gasteiger partial charge in [0.15, 0.2) is 0 Å². The zero-order valence-corrected chi connectivity index (χ0v) is 18.4. The molecule has 4 N–H and O–H groups in total. The lowest BCUT2D eigenvalue weighted by molar-refractivity contribution is -0.141. The van der Waals surface area contributed by atoms with Crippen LogP contribution in [0.2, 0.25) is 0 Å². The molecule has 0 aliphatic heterocycles. The van der Waals surface area contributed by atoms with Gasteiger partial charge in [-0.1, -0.05) is 6.07 Å². The van der Waals surface area contributed by atoms with Crippen molar-refractivity contribution in [3.8, 4) is 0 Å². The Labute approximate surface area is 188 Å². The number of halogens is 3. The maximum atomic E-state index is 12.9. The molecular weight excluding hydrogens is 441 g/mol. The molecule has 2 heterocycles. The van der Waals surface area contributed by atoms with Crippen LogP contribution in [0.4, 0.5) is 18.9 Å². The predicted molar refractivity (Wildman–Crippen MR) is 115 cm³/mol. The lowest BCUT2D eigenvalue weighted by Crippen LogP contribution is -2.19. The topological polar surface area (TPSA) is 127 Å². The van der Waals surface area contributed by atoms with Gasteiger partial charge in [-0.05, 0) is 57.9 Å². The molecule has 0 aliphatic carbocycles.